The van der Waals surface area contributed by atoms with Crippen LogP contribution in [0, 0.1) is 5.82 Å². The first-order valence-electron chi connectivity index (χ1n) is 4.44. The Morgan fingerprint density at radius 2 is 2.19 bits per heavy atom. The molecule has 0 bridgehead atoms. The number of carbonyl (C=O) groups excluding carboxylic acids is 1. The van der Waals surface area contributed by atoms with Crippen LogP contribution in [-0.2, 0) is 0 Å². The van der Waals surface area contributed by atoms with Gasteiger partial charge in [0.25, 0.3) is 0 Å². The molecule has 0 spiro atoms. The number of esters is 1. The highest BCUT2D eigenvalue weighted by Crippen LogP contribution is 2.17. The van der Waals surface area contributed by atoms with E-state index in [9.17, 15) is 9.18 Å². The summed E-state index contributed by atoms with van der Waals surface area (Å²) in [6.07, 6.45) is 1.26. The van der Waals surface area contributed by atoms with Gasteiger partial charge in [-0.3, -0.25) is 0 Å². The number of para-hydroxylation sites is 1. The largest absolute Gasteiger partial charge is 0.419 e. The van der Waals surface area contributed by atoms with E-state index in [2.05, 4.69) is 9.97 Å². The highest BCUT2D eigenvalue weighted by Gasteiger charge is 2.15. The second kappa shape index (κ2) is 4.01. The van der Waals surface area contributed by atoms with Gasteiger partial charge in [0.15, 0.2) is 23.1 Å². The fourth-order valence-electron chi connectivity index (χ4n) is 1.15. The van der Waals surface area contributed by atoms with Crippen molar-refractivity contribution >= 4 is 11.8 Å². The summed E-state index contributed by atoms with van der Waals surface area (Å²) in [5.41, 5.74) is 5.40. The molecule has 5 nitrogen and oxygen atoms in total. The van der Waals surface area contributed by atoms with Crippen LogP contribution in [0.5, 0.6) is 5.75 Å². The SMILES string of the molecule is Nc1nc[nH]c1C(=O)Oc1ccccc1F. The van der Waals surface area contributed by atoms with E-state index in [0.29, 0.717) is 0 Å². The molecule has 2 rings (SSSR count). The summed E-state index contributed by atoms with van der Waals surface area (Å²) in [7, 11) is 0. The van der Waals surface area contributed by atoms with Crippen LogP contribution in [0.4, 0.5) is 10.2 Å². The van der Waals surface area contributed by atoms with Crippen molar-refractivity contribution in [3.05, 3.63) is 42.1 Å². The van der Waals surface area contributed by atoms with E-state index in [1.54, 1.807) is 6.07 Å². The molecular weight excluding hydrogens is 213 g/mol. The highest BCUT2D eigenvalue weighted by molar-refractivity contribution is 5.93. The van der Waals surface area contributed by atoms with Crippen LogP contribution in [-0.4, -0.2) is 15.9 Å². The first-order valence-corrected chi connectivity index (χ1v) is 4.44. The van der Waals surface area contributed by atoms with Gasteiger partial charge in [0.05, 0.1) is 6.33 Å². The van der Waals surface area contributed by atoms with Gasteiger partial charge in [-0.15, -0.1) is 0 Å². The predicted octanol–water partition coefficient (Wildman–Crippen LogP) is 1.35. The molecule has 0 fully saturated rings. The molecule has 16 heavy (non-hydrogen) atoms. The molecule has 0 aliphatic heterocycles. The van der Waals surface area contributed by atoms with Crippen LogP contribution in [0.25, 0.3) is 0 Å². The maximum absolute atomic E-state index is 13.2. The Balaban J connectivity index is 2.21. The summed E-state index contributed by atoms with van der Waals surface area (Å²) in [6, 6.07) is 5.60. The lowest BCUT2D eigenvalue weighted by Crippen LogP contribution is -2.12. The van der Waals surface area contributed by atoms with Crippen molar-refractivity contribution in [2.24, 2.45) is 0 Å². The van der Waals surface area contributed by atoms with E-state index < -0.39 is 11.8 Å². The third-order valence-electron chi connectivity index (χ3n) is 1.91. The van der Waals surface area contributed by atoms with Gasteiger partial charge < -0.3 is 15.5 Å². The standard InChI is InChI=1S/C10H8FN3O2/c11-6-3-1-2-4-7(6)16-10(15)8-9(12)14-5-13-8/h1-5H,12H2,(H,13,14). The topological polar surface area (TPSA) is 81.0 Å². The monoisotopic (exact) mass is 221 g/mol. The zero-order valence-corrected chi connectivity index (χ0v) is 8.11. The van der Waals surface area contributed by atoms with Gasteiger partial charge in [0, 0.05) is 0 Å². The Bertz CT molecular complexity index is 524. The lowest BCUT2D eigenvalue weighted by molar-refractivity contribution is 0.0723. The number of anilines is 1. The van der Waals surface area contributed by atoms with Gasteiger partial charge in [0.2, 0.25) is 0 Å². The number of nitrogen functional groups attached to an aromatic ring is 1. The third kappa shape index (κ3) is 1.85. The number of H-pyrrole nitrogens is 1. The molecular formula is C10H8FN3O2. The Hall–Kier alpha value is -2.37. The normalized spacial score (nSPS) is 10.1. The summed E-state index contributed by atoms with van der Waals surface area (Å²) in [4.78, 5) is 17.6. The lowest BCUT2D eigenvalue weighted by atomic mass is 10.3. The zero-order valence-electron chi connectivity index (χ0n) is 8.11. The fraction of sp³-hybridized carbons (Fsp3) is 0. The van der Waals surface area contributed by atoms with Gasteiger partial charge >= 0.3 is 5.97 Å². The Morgan fingerprint density at radius 1 is 1.44 bits per heavy atom. The molecule has 2 aromatic rings. The van der Waals surface area contributed by atoms with Gasteiger partial charge in [-0.25, -0.2) is 14.2 Å². The van der Waals surface area contributed by atoms with Crippen molar-refractivity contribution in [3.63, 3.8) is 0 Å². The molecule has 0 atom stereocenters. The Morgan fingerprint density at radius 3 is 2.81 bits per heavy atom. The van der Waals surface area contributed by atoms with Crippen molar-refractivity contribution in [1.29, 1.82) is 0 Å². The Kier molecular flexibility index (Phi) is 2.55. The molecule has 6 heteroatoms. The molecule has 0 radical (unpaired) electrons. The van der Waals surface area contributed by atoms with Crippen molar-refractivity contribution in [2.75, 3.05) is 5.73 Å². The molecule has 0 amide bonds. The smallest absolute Gasteiger partial charge is 0.364 e. The Labute approximate surface area is 90.1 Å². The molecule has 0 aliphatic rings. The summed E-state index contributed by atoms with van der Waals surface area (Å²) >= 11 is 0. The molecule has 0 unspecified atom stereocenters. The summed E-state index contributed by atoms with van der Waals surface area (Å²) < 4.78 is 18.0. The second-order valence-electron chi connectivity index (χ2n) is 2.98. The maximum Gasteiger partial charge on any atom is 0.364 e. The number of hydrogen-bond acceptors (Lipinski definition) is 4. The van der Waals surface area contributed by atoms with Crippen LogP contribution in [0.2, 0.25) is 0 Å². The minimum atomic E-state index is -0.778. The maximum atomic E-state index is 13.2. The van der Waals surface area contributed by atoms with Crippen molar-refractivity contribution < 1.29 is 13.9 Å². The number of nitrogens with one attached hydrogen (secondary N) is 1. The average Bonchev–Trinajstić information content (AvgIpc) is 2.68. The van der Waals surface area contributed by atoms with Crippen LogP contribution < -0.4 is 10.5 Å². The molecule has 1 aromatic heterocycles. The lowest BCUT2D eigenvalue weighted by Gasteiger charge is -2.03. The minimum absolute atomic E-state index is 0.00301. The first-order chi connectivity index (χ1) is 7.68. The quantitative estimate of drug-likeness (QED) is 0.592. The molecule has 0 aliphatic carbocycles. The van der Waals surface area contributed by atoms with Crippen LogP contribution >= 0.6 is 0 Å². The fourth-order valence-corrected chi connectivity index (χ4v) is 1.15. The number of aromatic amines is 1. The summed E-state index contributed by atoms with van der Waals surface area (Å²) in [5, 5.41) is 0. The van der Waals surface area contributed by atoms with E-state index in [0.717, 1.165) is 0 Å². The van der Waals surface area contributed by atoms with Crippen molar-refractivity contribution in [1.82, 2.24) is 9.97 Å². The van der Waals surface area contributed by atoms with Crippen LogP contribution in [0.1, 0.15) is 10.5 Å². The number of hydrogen-bond donors (Lipinski definition) is 2. The van der Waals surface area contributed by atoms with E-state index in [-0.39, 0.29) is 17.3 Å². The van der Waals surface area contributed by atoms with Crippen molar-refractivity contribution in [3.8, 4) is 5.75 Å². The minimum Gasteiger partial charge on any atom is -0.419 e. The number of carbonyl (C=O) groups is 1. The number of aromatic nitrogens is 2. The number of nitrogens with zero attached hydrogens (tertiary/aromatic N) is 1. The number of rotatable bonds is 2. The molecule has 1 aromatic carbocycles. The van der Waals surface area contributed by atoms with Crippen LogP contribution in [0.3, 0.4) is 0 Å². The zero-order chi connectivity index (χ0) is 11.5. The number of benzene rings is 1. The molecule has 0 saturated carbocycles. The molecule has 3 N–H and O–H groups in total. The first kappa shape index (κ1) is 10.2. The molecule has 1 heterocycles. The highest BCUT2D eigenvalue weighted by atomic mass is 19.1. The van der Waals surface area contributed by atoms with Gasteiger partial charge in [-0.1, -0.05) is 12.1 Å². The number of ether oxygens (including phenoxy) is 1. The van der Waals surface area contributed by atoms with Crippen LogP contribution in [0.15, 0.2) is 30.6 Å². The van der Waals surface area contributed by atoms with Gasteiger partial charge in [-0.05, 0) is 12.1 Å². The second-order valence-corrected chi connectivity index (χ2v) is 2.98. The number of nitrogens with two attached hydrogens (primary N) is 1. The van der Waals surface area contributed by atoms with Gasteiger partial charge in [0.1, 0.15) is 0 Å². The number of halogens is 1. The number of imidazole rings is 1. The predicted molar refractivity (Wildman–Crippen MR) is 54.4 cm³/mol. The third-order valence-corrected chi connectivity index (χ3v) is 1.91. The van der Waals surface area contributed by atoms with E-state index in [4.69, 9.17) is 10.5 Å². The summed E-state index contributed by atoms with van der Waals surface area (Å²) in [6.45, 7) is 0. The van der Waals surface area contributed by atoms with E-state index in [1.807, 2.05) is 0 Å². The average molecular weight is 221 g/mol. The molecule has 0 saturated heterocycles. The molecule has 82 valence electrons. The van der Waals surface area contributed by atoms with Crippen molar-refractivity contribution in [2.45, 2.75) is 0 Å². The van der Waals surface area contributed by atoms with E-state index >= 15 is 0 Å². The van der Waals surface area contributed by atoms with Gasteiger partial charge in [-0.2, -0.15) is 0 Å². The summed E-state index contributed by atoms with van der Waals surface area (Å²) in [5.74, 6) is -1.53. The van der Waals surface area contributed by atoms with E-state index in [1.165, 1.54) is 24.5 Å².